The van der Waals surface area contributed by atoms with Crippen molar-refractivity contribution >= 4 is 46.7 Å². The number of benzene rings is 2. The van der Waals surface area contributed by atoms with E-state index in [2.05, 4.69) is 6.92 Å². The summed E-state index contributed by atoms with van der Waals surface area (Å²) < 4.78 is 5.32. The number of unbranched alkanes of at least 4 members (excludes halogenated alkanes) is 5. The molecule has 1 heterocycles. The SMILES string of the molecule is CCCCCCCCOC(=O)c1ccc2c(c1)C(=O)N(c1cccc(Cl)c1Cl)C2=O. The molecule has 1 aliphatic heterocycles. The van der Waals surface area contributed by atoms with E-state index in [1.807, 2.05) is 0 Å². The Labute approximate surface area is 185 Å². The van der Waals surface area contributed by atoms with E-state index < -0.39 is 17.8 Å². The van der Waals surface area contributed by atoms with Gasteiger partial charge in [-0.15, -0.1) is 0 Å². The minimum atomic E-state index is -0.551. The number of imide groups is 1. The fourth-order valence-electron chi connectivity index (χ4n) is 3.38. The molecule has 30 heavy (non-hydrogen) atoms. The van der Waals surface area contributed by atoms with Crippen molar-refractivity contribution < 1.29 is 19.1 Å². The van der Waals surface area contributed by atoms with E-state index in [0.717, 1.165) is 24.2 Å². The summed E-state index contributed by atoms with van der Waals surface area (Å²) in [5, 5.41) is 0.358. The molecule has 7 heteroatoms. The van der Waals surface area contributed by atoms with E-state index in [-0.39, 0.29) is 32.4 Å². The van der Waals surface area contributed by atoms with E-state index in [1.165, 1.54) is 37.5 Å². The summed E-state index contributed by atoms with van der Waals surface area (Å²) in [6.45, 7) is 2.50. The smallest absolute Gasteiger partial charge is 0.338 e. The monoisotopic (exact) mass is 447 g/mol. The average molecular weight is 448 g/mol. The topological polar surface area (TPSA) is 63.7 Å². The Kier molecular flexibility index (Phi) is 7.51. The first-order valence-electron chi connectivity index (χ1n) is 10.1. The molecule has 2 amide bonds. The highest BCUT2D eigenvalue weighted by atomic mass is 35.5. The van der Waals surface area contributed by atoms with Gasteiger partial charge in [-0.2, -0.15) is 0 Å². The van der Waals surface area contributed by atoms with Gasteiger partial charge in [-0.3, -0.25) is 9.59 Å². The molecular formula is C23H23Cl2NO4. The van der Waals surface area contributed by atoms with Crippen molar-refractivity contribution in [2.24, 2.45) is 0 Å². The summed E-state index contributed by atoms with van der Waals surface area (Å²) in [5.74, 6) is -1.57. The van der Waals surface area contributed by atoms with Gasteiger partial charge >= 0.3 is 5.97 Å². The molecule has 3 rings (SSSR count). The summed E-state index contributed by atoms with van der Waals surface area (Å²) in [7, 11) is 0. The average Bonchev–Trinajstić information content (AvgIpc) is 2.99. The third kappa shape index (κ3) is 4.68. The Bertz CT molecular complexity index is 974. The van der Waals surface area contributed by atoms with Gasteiger partial charge in [0, 0.05) is 0 Å². The number of ether oxygens (including phenoxy) is 1. The summed E-state index contributed by atoms with van der Waals surface area (Å²) in [5.41, 5.74) is 0.802. The number of amides is 2. The molecule has 0 fully saturated rings. The summed E-state index contributed by atoms with van der Waals surface area (Å²) in [6, 6.07) is 9.09. The predicted molar refractivity (Wildman–Crippen MR) is 118 cm³/mol. The van der Waals surface area contributed by atoms with Gasteiger partial charge in [0.2, 0.25) is 0 Å². The lowest BCUT2D eigenvalue weighted by Gasteiger charge is -2.15. The maximum Gasteiger partial charge on any atom is 0.338 e. The Morgan fingerprint density at radius 3 is 2.40 bits per heavy atom. The normalized spacial score (nSPS) is 13.0. The summed E-state index contributed by atoms with van der Waals surface area (Å²) in [6.07, 6.45) is 6.55. The number of nitrogens with zero attached hydrogens (tertiary/aromatic N) is 1. The number of hydrogen-bond acceptors (Lipinski definition) is 4. The highest BCUT2D eigenvalue weighted by molar-refractivity contribution is 6.46. The van der Waals surface area contributed by atoms with Gasteiger partial charge in [0.05, 0.1) is 39.0 Å². The standard InChI is InChI=1S/C23H23Cl2NO4/c1-2-3-4-5-6-7-13-30-23(29)15-11-12-16-17(14-15)22(28)26(21(16)27)19-10-8-9-18(24)20(19)25/h8-12,14H,2-7,13H2,1H3. The van der Waals surface area contributed by atoms with E-state index in [4.69, 9.17) is 27.9 Å². The van der Waals surface area contributed by atoms with Crippen LogP contribution in [0.2, 0.25) is 10.0 Å². The van der Waals surface area contributed by atoms with Crippen molar-refractivity contribution in [1.29, 1.82) is 0 Å². The van der Waals surface area contributed by atoms with E-state index in [0.29, 0.717) is 6.61 Å². The molecule has 0 aliphatic carbocycles. The van der Waals surface area contributed by atoms with Crippen molar-refractivity contribution in [3.63, 3.8) is 0 Å². The fraction of sp³-hybridized carbons (Fsp3) is 0.348. The second kappa shape index (κ2) is 10.1. The Morgan fingerprint density at radius 1 is 0.933 bits per heavy atom. The second-order valence-corrected chi connectivity index (χ2v) is 7.97. The zero-order valence-corrected chi connectivity index (χ0v) is 18.3. The van der Waals surface area contributed by atoms with Gasteiger partial charge in [-0.05, 0) is 36.8 Å². The first-order chi connectivity index (χ1) is 14.5. The third-order valence-electron chi connectivity index (χ3n) is 5.03. The van der Waals surface area contributed by atoms with Crippen LogP contribution in [0.4, 0.5) is 5.69 Å². The highest BCUT2D eigenvalue weighted by Gasteiger charge is 2.38. The number of halogens is 2. The van der Waals surface area contributed by atoms with Crippen LogP contribution in [0.3, 0.4) is 0 Å². The predicted octanol–water partition coefficient (Wildman–Crippen LogP) is 6.31. The number of carbonyl (C=O) groups excluding carboxylic acids is 3. The molecule has 0 saturated carbocycles. The van der Waals surface area contributed by atoms with Gasteiger partial charge in [-0.1, -0.05) is 68.3 Å². The molecule has 0 N–H and O–H groups in total. The molecule has 5 nitrogen and oxygen atoms in total. The van der Waals surface area contributed by atoms with Crippen molar-refractivity contribution in [3.05, 3.63) is 63.1 Å². The van der Waals surface area contributed by atoms with Crippen LogP contribution in [0.15, 0.2) is 36.4 Å². The molecule has 2 aromatic rings. The molecule has 0 bridgehead atoms. The largest absolute Gasteiger partial charge is 0.462 e. The lowest BCUT2D eigenvalue weighted by atomic mass is 10.1. The summed E-state index contributed by atoms with van der Waals surface area (Å²) in [4.78, 5) is 39.0. The highest BCUT2D eigenvalue weighted by Crippen LogP contribution is 2.37. The van der Waals surface area contributed by atoms with Crippen molar-refractivity contribution in [1.82, 2.24) is 0 Å². The molecule has 0 radical (unpaired) electrons. The quantitative estimate of drug-likeness (QED) is 0.256. The van der Waals surface area contributed by atoms with Gasteiger partial charge in [0.25, 0.3) is 11.8 Å². The van der Waals surface area contributed by atoms with Crippen LogP contribution in [0.5, 0.6) is 0 Å². The maximum atomic E-state index is 12.9. The van der Waals surface area contributed by atoms with Crippen LogP contribution < -0.4 is 4.90 Å². The first kappa shape index (κ1) is 22.3. The molecule has 2 aromatic carbocycles. The number of rotatable bonds is 9. The molecule has 0 aromatic heterocycles. The van der Waals surface area contributed by atoms with Crippen LogP contribution in [0.1, 0.15) is 76.5 Å². The minimum absolute atomic E-state index is 0.118. The van der Waals surface area contributed by atoms with E-state index >= 15 is 0 Å². The molecule has 0 unspecified atom stereocenters. The van der Waals surface area contributed by atoms with Crippen molar-refractivity contribution in [2.75, 3.05) is 11.5 Å². The molecule has 0 saturated heterocycles. The fourth-order valence-corrected chi connectivity index (χ4v) is 3.76. The molecule has 158 valence electrons. The van der Waals surface area contributed by atoms with Crippen LogP contribution >= 0.6 is 23.2 Å². The summed E-state index contributed by atoms with van der Waals surface area (Å²) >= 11 is 12.2. The van der Waals surface area contributed by atoms with E-state index in [1.54, 1.807) is 18.2 Å². The number of fused-ring (bicyclic) bond motifs is 1. The Balaban J connectivity index is 1.68. The van der Waals surface area contributed by atoms with Crippen LogP contribution in [-0.4, -0.2) is 24.4 Å². The number of anilines is 1. The zero-order chi connectivity index (χ0) is 21.7. The lowest BCUT2D eigenvalue weighted by Crippen LogP contribution is -2.29. The third-order valence-corrected chi connectivity index (χ3v) is 5.83. The van der Waals surface area contributed by atoms with E-state index in [9.17, 15) is 14.4 Å². The number of esters is 1. The zero-order valence-electron chi connectivity index (χ0n) is 16.7. The molecule has 0 atom stereocenters. The van der Waals surface area contributed by atoms with Gasteiger partial charge < -0.3 is 4.74 Å². The maximum absolute atomic E-state index is 12.9. The van der Waals surface area contributed by atoms with Gasteiger partial charge in [-0.25, -0.2) is 9.69 Å². The number of hydrogen-bond donors (Lipinski definition) is 0. The Hall–Kier alpha value is -2.37. The van der Waals surface area contributed by atoms with Gasteiger partial charge in [0.15, 0.2) is 0 Å². The Morgan fingerprint density at radius 2 is 1.63 bits per heavy atom. The lowest BCUT2D eigenvalue weighted by molar-refractivity contribution is 0.0497. The van der Waals surface area contributed by atoms with Crippen LogP contribution in [0, 0.1) is 0 Å². The van der Waals surface area contributed by atoms with Crippen molar-refractivity contribution in [2.45, 2.75) is 45.4 Å². The second-order valence-electron chi connectivity index (χ2n) is 7.18. The van der Waals surface area contributed by atoms with Crippen LogP contribution in [0.25, 0.3) is 0 Å². The first-order valence-corrected chi connectivity index (χ1v) is 10.8. The van der Waals surface area contributed by atoms with Crippen LogP contribution in [-0.2, 0) is 4.74 Å². The van der Waals surface area contributed by atoms with Crippen molar-refractivity contribution in [3.8, 4) is 0 Å². The number of carbonyl (C=O) groups is 3. The van der Waals surface area contributed by atoms with Gasteiger partial charge in [0.1, 0.15) is 0 Å². The molecule has 1 aliphatic rings. The minimum Gasteiger partial charge on any atom is -0.462 e. The molecule has 0 spiro atoms. The molecular weight excluding hydrogens is 425 g/mol.